The molecule has 0 aromatic heterocycles. The number of para-hydroxylation sites is 1. The van der Waals surface area contributed by atoms with Gasteiger partial charge in [-0.3, -0.25) is 0 Å². The van der Waals surface area contributed by atoms with Crippen molar-refractivity contribution >= 4 is 16.9 Å². The first-order chi connectivity index (χ1) is 30.7. The van der Waals surface area contributed by atoms with Crippen LogP contribution in [0.25, 0.3) is 50.1 Å². The largest absolute Gasteiger partial charge is 0.310 e. The van der Waals surface area contributed by atoms with E-state index >= 15 is 0 Å². The quantitative estimate of drug-likeness (QED) is 0.125. The van der Waals surface area contributed by atoms with Gasteiger partial charge in [0, 0.05) is 16.9 Å². The minimum Gasteiger partial charge on any atom is -0.310 e. The van der Waals surface area contributed by atoms with Crippen molar-refractivity contribution in [3.05, 3.63) is 282 Å². The summed E-state index contributed by atoms with van der Waals surface area (Å²) in [6.07, 6.45) is 4.46. The van der Waals surface area contributed by atoms with Crippen molar-refractivity contribution in [2.75, 3.05) is 4.90 Å². The molecule has 9 aromatic carbocycles. The molecule has 0 unspecified atom stereocenters. The monoisotopic (exact) mass is 793 g/mol. The number of hydrogen-bond donors (Lipinski definition) is 0. The lowest BCUT2D eigenvalue weighted by Gasteiger charge is -2.35. The number of benzene rings is 9. The molecular formula is C61H47N. The van der Waals surface area contributed by atoms with Gasteiger partial charge in [-0.2, -0.15) is 0 Å². The summed E-state index contributed by atoms with van der Waals surface area (Å²) in [7, 11) is 0. The van der Waals surface area contributed by atoms with Gasteiger partial charge in [-0.15, -0.1) is 0 Å². The molecule has 10 rings (SSSR count). The number of allylic oxidation sites excluding steroid dienone is 3. The van der Waals surface area contributed by atoms with Gasteiger partial charge in [0.05, 0.1) is 11.1 Å². The van der Waals surface area contributed by atoms with Crippen LogP contribution in [0.1, 0.15) is 41.7 Å². The summed E-state index contributed by atoms with van der Waals surface area (Å²) in [6.45, 7) is 4.41. The van der Waals surface area contributed by atoms with Gasteiger partial charge in [-0.05, 0) is 110 Å². The zero-order chi connectivity index (χ0) is 41.9. The summed E-state index contributed by atoms with van der Waals surface area (Å²) in [5.74, 6) is 0. The zero-order valence-corrected chi connectivity index (χ0v) is 35.1. The highest BCUT2D eigenvalue weighted by Gasteiger charge is 2.46. The molecule has 0 atom stereocenters. The first-order valence-electron chi connectivity index (χ1n) is 21.6. The van der Waals surface area contributed by atoms with Gasteiger partial charge in [0.1, 0.15) is 0 Å². The van der Waals surface area contributed by atoms with Crippen molar-refractivity contribution in [1.82, 2.24) is 0 Å². The molecule has 0 bridgehead atoms. The van der Waals surface area contributed by atoms with Crippen molar-refractivity contribution in [3.8, 4) is 44.5 Å². The highest BCUT2D eigenvalue weighted by molar-refractivity contribution is 5.94. The highest BCUT2D eigenvalue weighted by Crippen LogP contribution is 2.57. The molecule has 1 nitrogen and oxygen atoms in total. The fourth-order valence-corrected chi connectivity index (χ4v) is 9.71. The molecule has 1 heteroatoms. The van der Waals surface area contributed by atoms with Crippen LogP contribution in [0.3, 0.4) is 0 Å². The van der Waals surface area contributed by atoms with Crippen LogP contribution in [0.4, 0.5) is 11.4 Å². The predicted octanol–water partition coefficient (Wildman–Crippen LogP) is 16.2. The maximum atomic E-state index is 2.50. The third-order valence-corrected chi connectivity index (χ3v) is 12.5. The van der Waals surface area contributed by atoms with Crippen LogP contribution in [0.15, 0.2) is 254 Å². The Bertz CT molecular complexity index is 3010. The van der Waals surface area contributed by atoms with E-state index in [1.165, 1.54) is 72.3 Å². The van der Waals surface area contributed by atoms with Gasteiger partial charge < -0.3 is 4.90 Å². The van der Waals surface area contributed by atoms with Gasteiger partial charge in [0.2, 0.25) is 0 Å². The Morgan fingerprint density at radius 3 is 1.52 bits per heavy atom. The molecule has 1 aliphatic carbocycles. The van der Waals surface area contributed by atoms with Crippen molar-refractivity contribution < 1.29 is 0 Å². The summed E-state index contributed by atoms with van der Waals surface area (Å²) < 4.78 is 0. The van der Waals surface area contributed by atoms with Crippen LogP contribution >= 0.6 is 0 Å². The van der Waals surface area contributed by atoms with Crippen LogP contribution in [0.5, 0.6) is 0 Å². The molecule has 0 saturated heterocycles. The molecule has 0 radical (unpaired) electrons. The lowest BCUT2D eigenvalue weighted by Crippen LogP contribution is -2.29. The molecule has 0 heterocycles. The molecule has 0 amide bonds. The maximum Gasteiger partial charge on any atom is 0.0714 e. The van der Waals surface area contributed by atoms with E-state index in [-0.39, 0.29) is 0 Å². The fraction of sp³-hybridized carbons (Fsp3) is 0.0492. The van der Waals surface area contributed by atoms with Gasteiger partial charge in [-0.25, -0.2) is 0 Å². The third-order valence-electron chi connectivity index (χ3n) is 12.5. The molecule has 296 valence electrons. The summed E-state index contributed by atoms with van der Waals surface area (Å²) >= 11 is 0. The van der Waals surface area contributed by atoms with Crippen molar-refractivity contribution in [2.45, 2.75) is 19.3 Å². The van der Waals surface area contributed by atoms with Crippen LogP contribution in [-0.2, 0) is 5.41 Å². The van der Waals surface area contributed by atoms with Gasteiger partial charge in [0.25, 0.3) is 0 Å². The smallest absolute Gasteiger partial charge is 0.0714 e. The van der Waals surface area contributed by atoms with E-state index in [2.05, 4.69) is 267 Å². The first kappa shape index (κ1) is 38.5. The third kappa shape index (κ3) is 6.69. The summed E-state index contributed by atoms with van der Waals surface area (Å²) in [5.41, 5.74) is 19.8. The topological polar surface area (TPSA) is 3.24 Å². The molecule has 0 aliphatic heterocycles. The second-order valence-corrected chi connectivity index (χ2v) is 16.0. The normalized spacial score (nSPS) is 13.0. The van der Waals surface area contributed by atoms with Crippen molar-refractivity contribution in [1.29, 1.82) is 0 Å². The first-order valence-corrected chi connectivity index (χ1v) is 21.6. The van der Waals surface area contributed by atoms with E-state index in [4.69, 9.17) is 0 Å². The Hall–Kier alpha value is -7.74. The number of nitrogens with zero attached hydrogens (tertiary/aromatic N) is 1. The SMILES string of the molecule is C/C=C\C(=C(/C)c1ccccc1-c1ccc(-c2ccccc2)cc1)N(c1ccc2c(c1)C(c1ccccc1)(c1ccccc1)c1ccccc1-2)c1ccccc1-c1ccccc1. The lowest BCUT2D eigenvalue weighted by molar-refractivity contribution is 0.768. The van der Waals surface area contributed by atoms with E-state index in [9.17, 15) is 0 Å². The molecule has 0 saturated carbocycles. The fourth-order valence-electron chi connectivity index (χ4n) is 9.71. The second kappa shape index (κ2) is 16.7. The molecule has 9 aromatic rings. The number of anilines is 2. The minimum atomic E-state index is -0.535. The Balaban J connectivity index is 1.23. The molecule has 62 heavy (non-hydrogen) atoms. The van der Waals surface area contributed by atoms with Crippen LogP contribution in [0.2, 0.25) is 0 Å². The van der Waals surface area contributed by atoms with E-state index in [0.29, 0.717) is 0 Å². The van der Waals surface area contributed by atoms with Gasteiger partial charge >= 0.3 is 0 Å². The van der Waals surface area contributed by atoms with Crippen LogP contribution in [0, 0.1) is 0 Å². The summed E-state index contributed by atoms with van der Waals surface area (Å²) in [5, 5.41) is 0. The van der Waals surface area contributed by atoms with Crippen molar-refractivity contribution in [2.24, 2.45) is 0 Å². The zero-order valence-electron chi connectivity index (χ0n) is 35.1. The van der Waals surface area contributed by atoms with E-state index in [1.54, 1.807) is 0 Å². The minimum absolute atomic E-state index is 0.535. The molecule has 0 fully saturated rings. The van der Waals surface area contributed by atoms with Gasteiger partial charge in [0.15, 0.2) is 0 Å². The average Bonchev–Trinajstić information content (AvgIpc) is 3.65. The molecule has 1 aliphatic rings. The summed E-state index contributed by atoms with van der Waals surface area (Å²) in [4.78, 5) is 2.50. The summed E-state index contributed by atoms with van der Waals surface area (Å²) in [6, 6.07) is 86.4. The predicted molar refractivity (Wildman–Crippen MR) is 262 cm³/mol. The Labute approximate surface area is 366 Å². The number of rotatable bonds is 10. The van der Waals surface area contributed by atoms with Crippen LogP contribution < -0.4 is 4.90 Å². The standard InChI is InChI=1S/C61H47N/c1-3-22-59(44(2)52-31-16-17-32-53(52)48-39-37-46(38-40-48)45-23-8-4-9-24-45)62(60-36-21-19-33-54(60)47-25-10-5-11-26-47)51-41-42-56-55-34-18-20-35-57(55)61(58(56)43-51,49-27-12-6-13-28-49)50-29-14-7-15-30-50/h3-43H,1-2H3/b22-3-,59-44-. The lowest BCUT2D eigenvalue weighted by atomic mass is 9.67. The maximum absolute atomic E-state index is 2.50. The number of fused-ring (bicyclic) bond motifs is 3. The second-order valence-electron chi connectivity index (χ2n) is 16.0. The van der Waals surface area contributed by atoms with E-state index < -0.39 is 5.41 Å². The molecular weight excluding hydrogens is 747 g/mol. The van der Waals surface area contributed by atoms with E-state index in [0.717, 1.165) is 22.6 Å². The molecule has 0 N–H and O–H groups in total. The Morgan fingerprint density at radius 2 is 0.871 bits per heavy atom. The molecule has 0 spiro atoms. The van der Waals surface area contributed by atoms with Crippen LogP contribution in [-0.4, -0.2) is 0 Å². The average molecular weight is 794 g/mol. The Morgan fingerprint density at radius 1 is 0.403 bits per heavy atom. The highest BCUT2D eigenvalue weighted by atomic mass is 15.2. The van der Waals surface area contributed by atoms with E-state index in [1.807, 2.05) is 0 Å². The number of hydrogen-bond acceptors (Lipinski definition) is 1. The Kier molecular flexibility index (Phi) is 10.4. The van der Waals surface area contributed by atoms with Crippen molar-refractivity contribution in [3.63, 3.8) is 0 Å². The van der Waals surface area contributed by atoms with Gasteiger partial charge in [-0.1, -0.05) is 224 Å².